The first-order chi connectivity index (χ1) is 10.3. The van der Waals surface area contributed by atoms with E-state index in [9.17, 15) is 0 Å². The summed E-state index contributed by atoms with van der Waals surface area (Å²) in [5, 5.41) is 5.54. The van der Waals surface area contributed by atoms with Crippen LogP contribution in [-0.2, 0) is 6.42 Å². The van der Waals surface area contributed by atoms with Gasteiger partial charge in [-0.15, -0.1) is 11.3 Å². The van der Waals surface area contributed by atoms with E-state index in [-0.39, 0.29) is 0 Å². The van der Waals surface area contributed by atoms with Crippen LogP contribution in [0.1, 0.15) is 24.6 Å². The first-order valence-corrected chi connectivity index (χ1v) is 9.66. The van der Waals surface area contributed by atoms with Crippen LogP contribution in [0.4, 0.5) is 5.82 Å². The van der Waals surface area contributed by atoms with Crippen LogP contribution in [0, 0.1) is 0 Å². The van der Waals surface area contributed by atoms with Crippen molar-refractivity contribution in [3.8, 4) is 0 Å². The summed E-state index contributed by atoms with van der Waals surface area (Å²) in [6, 6.07) is 2.32. The number of hydrogen-bond donors (Lipinski definition) is 1. The first-order valence-electron chi connectivity index (χ1n) is 7.62. The van der Waals surface area contributed by atoms with Gasteiger partial charge in [-0.05, 0) is 25.2 Å². The Morgan fingerprint density at radius 1 is 1.33 bits per heavy atom. The Morgan fingerprint density at radius 2 is 2.14 bits per heavy atom. The standard InChI is InChI=1S/C15H22N4S2/c1-3-4-5-11-10-12-13(19-8-6-16-7-9-19)17-15(20-2)18-14(12)21-11/h10,16H,3-9H2,1-2H3. The summed E-state index contributed by atoms with van der Waals surface area (Å²) in [5.74, 6) is 1.13. The minimum atomic E-state index is 0.889. The highest BCUT2D eigenvalue weighted by molar-refractivity contribution is 7.98. The summed E-state index contributed by atoms with van der Waals surface area (Å²) >= 11 is 3.47. The van der Waals surface area contributed by atoms with Gasteiger partial charge in [-0.2, -0.15) is 0 Å². The Hall–Kier alpha value is -0.850. The Labute approximate surface area is 134 Å². The third kappa shape index (κ3) is 3.33. The van der Waals surface area contributed by atoms with Gasteiger partial charge in [0.1, 0.15) is 10.6 Å². The van der Waals surface area contributed by atoms with E-state index in [4.69, 9.17) is 9.97 Å². The van der Waals surface area contributed by atoms with E-state index in [1.165, 1.54) is 23.1 Å². The monoisotopic (exact) mass is 322 g/mol. The molecule has 1 aliphatic rings. The molecular formula is C15H22N4S2. The minimum Gasteiger partial charge on any atom is -0.353 e. The van der Waals surface area contributed by atoms with Gasteiger partial charge in [0.05, 0.1) is 5.39 Å². The van der Waals surface area contributed by atoms with Crippen molar-refractivity contribution >= 4 is 39.1 Å². The van der Waals surface area contributed by atoms with E-state index in [0.717, 1.165) is 48.4 Å². The van der Waals surface area contributed by atoms with Crippen LogP contribution in [0.3, 0.4) is 0 Å². The topological polar surface area (TPSA) is 41.0 Å². The molecule has 21 heavy (non-hydrogen) atoms. The lowest BCUT2D eigenvalue weighted by atomic mass is 10.2. The first kappa shape index (κ1) is 15.1. The highest BCUT2D eigenvalue weighted by atomic mass is 32.2. The molecule has 1 N–H and O–H groups in total. The van der Waals surface area contributed by atoms with Gasteiger partial charge in [-0.3, -0.25) is 0 Å². The number of rotatable bonds is 5. The number of aryl methyl sites for hydroxylation is 1. The Kier molecular flexibility index (Phi) is 4.98. The zero-order chi connectivity index (χ0) is 14.7. The molecule has 0 saturated carbocycles. The lowest BCUT2D eigenvalue weighted by molar-refractivity contribution is 0.584. The quantitative estimate of drug-likeness (QED) is 0.676. The van der Waals surface area contributed by atoms with Crippen LogP contribution >= 0.6 is 23.1 Å². The number of hydrogen-bond acceptors (Lipinski definition) is 6. The van der Waals surface area contributed by atoms with Gasteiger partial charge in [-0.1, -0.05) is 25.1 Å². The van der Waals surface area contributed by atoms with E-state index < -0.39 is 0 Å². The molecule has 6 heteroatoms. The van der Waals surface area contributed by atoms with E-state index in [1.807, 2.05) is 17.6 Å². The van der Waals surface area contributed by atoms with Gasteiger partial charge in [0, 0.05) is 31.1 Å². The number of nitrogens with zero attached hydrogens (tertiary/aromatic N) is 3. The smallest absolute Gasteiger partial charge is 0.190 e. The summed E-state index contributed by atoms with van der Waals surface area (Å²) in [6.45, 7) is 6.37. The largest absolute Gasteiger partial charge is 0.353 e. The maximum atomic E-state index is 4.79. The summed E-state index contributed by atoms with van der Waals surface area (Å²) in [5.41, 5.74) is 0. The van der Waals surface area contributed by atoms with Crippen molar-refractivity contribution in [1.29, 1.82) is 0 Å². The van der Waals surface area contributed by atoms with E-state index >= 15 is 0 Å². The third-order valence-corrected chi connectivity index (χ3v) is 5.42. The minimum absolute atomic E-state index is 0.889. The highest BCUT2D eigenvalue weighted by Crippen LogP contribution is 2.33. The molecular weight excluding hydrogens is 300 g/mol. The predicted molar refractivity (Wildman–Crippen MR) is 92.9 cm³/mol. The number of nitrogens with one attached hydrogen (secondary N) is 1. The fourth-order valence-corrected chi connectivity index (χ4v) is 4.10. The lowest BCUT2D eigenvalue weighted by Gasteiger charge is -2.29. The number of aromatic nitrogens is 2. The maximum Gasteiger partial charge on any atom is 0.190 e. The highest BCUT2D eigenvalue weighted by Gasteiger charge is 2.18. The fourth-order valence-electron chi connectivity index (χ4n) is 2.62. The number of anilines is 1. The number of piperazine rings is 1. The number of thiophene rings is 1. The van der Waals surface area contributed by atoms with Gasteiger partial charge in [0.15, 0.2) is 5.16 Å². The Balaban J connectivity index is 2.00. The SMILES string of the molecule is CCCCc1cc2c(N3CCNCC3)nc(SC)nc2s1. The average Bonchev–Trinajstić information content (AvgIpc) is 2.95. The van der Waals surface area contributed by atoms with Crippen LogP contribution in [0.25, 0.3) is 10.2 Å². The van der Waals surface area contributed by atoms with E-state index in [0.29, 0.717) is 0 Å². The molecule has 1 fully saturated rings. The molecule has 0 aliphatic carbocycles. The summed E-state index contributed by atoms with van der Waals surface area (Å²) < 4.78 is 0. The van der Waals surface area contributed by atoms with Gasteiger partial charge in [0.2, 0.25) is 0 Å². The van der Waals surface area contributed by atoms with Crippen molar-refractivity contribution in [2.75, 3.05) is 37.3 Å². The van der Waals surface area contributed by atoms with Gasteiger partial charge < -0.3 is 10.2 Å². The zero-order valence-corrected chi connectivity index (χ0v) is 14.3. The fraction of sp³-hybridized carbons (Fsp3) is 0.600. The van der Waals surface area contributed by atoms with Gasteiger partial charge >= 0.3 is 0 Å². The lowest BCUT2D eigenvalue weighted by Crippen LogP contribution is -2.44. The zero-order valence-electron chi connectivity index (χ0n) is 12.7. The van der Waals surface area contributed by atoms with E-state index in [1.54, 1.807) is 11.8 Å². The van der Waals surface area contributed by atoms with Crippen molar-refractivity contribution in [2.24, 2.45) is 0 Å². The number of unbranched alkanes of at least 4 members (excludes halogenated alkanes) is 1. The molecule has 3 heterocycles. The van der Waals surface area contributed by atoms with Crippen molar-refractivity contribution in [2.45, 2.75) is 31.3 Å². The van der Waals surface area contributed by atoms with Crippen LogP contribution in [-0.4, -0.2) is 42.4 Å². The predicted octanol–water partition coefficient (Wildman–Crippen LogP) is 3.17. The molecule has 0 aromatic carbocycles. The normalized spacial score (nSPS) is 15.8. The summed E-state index contributed by atoms with van der Waals surface area (Å²) in [6.07, 6.45) is 5.70. The molecule has 4 nitrogen and oxygen atoms in total. The van der Waals surface area contributed by atoms with Crippen molar-refractivity contribution in [1.82, 2.24) is 15.3 Å². The number of fused-ring (bicyclic) bond motifs is 1. The molecule has 0 spiro atoms. The van der Waals surface area contributed by atoms with Crippen LogP contribution in [0.2, 0.25) is 0 Å². The molecule has 0 bridgehead atoms. The molecule has 0 radical (unpaired) electrons. The third-order valence-electron chi connectivity index (χ3n) is 3.78. The molecule has 2 aromatic rings. The summed E-state index contributed by atoms with van der Waals surface area (Å²) in [7, 11) is 0. The van der Waals surface area contributed by atoms with E-state index in [2.05, 4.69) is 23.2 Å². The molecule has 1 saturated heterocycles. The average molecular weight is 323 g/mol. The molecule has 0 amide bonds. The second-order valence-corrected chi connectivity index (χ2v) is 7.19. The van der Waals surface area contributed by atoms with Crippen LogP contribution in [0.15, 0.2) is 11.2 Å². The molecule has 0 unspecified atom stereocenters. The van der Waals surface area contributed by atoms with Crippen molar-refractivity contribution in [3.05, 3.63) is 10.9 Å². The van der Waals surface area contributed by atoms with Crippen LogP contribution in [0.5, 0.6) is 0 Å². The van der Waals surface area contributed by atoms with Gasteiger partial charge in [0.25, 0.3) is 0 Å². The second kappa shape index (κ2) is 6.94. The summed E-state index contributed by atoms with van der Waals surface area (Å²) in [4.78, 5) is 14.5. The molecule has 1 aliphatic heterocycles. The van der Waals surface area contributed by atoms with Crippen molar-refractivity contribution in [3.63, 3.8) is 0 Å². The molecule has 2 aromatic heterocycles. The molecule has 0 atom stereocenters. The van der Waals surface area contributed by atoms with Crippen LogP contribution < -0.4 is 10.2 Å². The van der Waals surface area contributed by atoms with Gasteiger partial charge in [-0.25, -0.2) is 9.97 Å². The number of thioether (sulfide) groups is 1. The Bertz CT molecular complexity index is 605. The Morgan fingerprint density at radius 3 is 2.86 bits per heavy atom. The maximum absolute atomic E-state index is 4.79. The van der Waals surface area contributed by atoms with Crippen molar-refractivity contribution < 1.29 is 0 Å². The molecule has 3 rings (SSSR count). The molecule has 114 valence electrons. The second-order valence-electron chi connectivity index (χ2n) is 5.31.